The van der Waals surface area contributed by atoms with Gasteiger partial charge < -0.3 is 19.4 Å². The van der Waals surface area contributed by atoms with Gasteiger partial charge in [0.05, 0.1) is 29.6 Å². The number of carboxylic acid groups (broad SMARTS) is 1. The first kappa shape index (κ1) is 32.3. The number of hydrogen-bond donors (Lipinski definition) is 2. The zero-order valence-electron chi connectivity index (χ0n) is 28.1. The van der Waals surface area contributed by atoms with Gasteiger partial charge in [-0.25, -0.2) is 9.59 Å². The molecule has 4 aromatic heterocycles. The van der Waals surface area contributed by atoms with E-state index in [-0.39, 0.29) is 5.97 Å². The summed E-state index contributed by atoms with van der Waals surface area (Å²) in [7, 11) is 1.42. The van der Waals surface area contributed by atoms with Crippen LogP contribution >= 0.6 is 0 Å². The van der Waals surface area contributed by atoms with Crippen LogP contribution in [0.1, 0.15) is 112 Å². The largest absolute Gasteiger partial charge is 0.478 e. The van der Waals surface area contributed by atoms with E-state index in [4.69, 9.17) is 4.74 Å². The number of aromatic amines is 1. The Labute approximate surface area is 286 Å². The van der Waals surface area contributed by atoms with Gasteiger partial charge in [-0.3, -0.25) is 9.97 Å². The fourth-order valence-electron chi connectivity index (χ4n) is 6.53. The number of aromatic carboxylic acids is 1. The molecule has 0 radical (unpaired) electrons. The van der Waals surface area contributed by atoms with Gasteiger partial charge in [0.15, 0.2) is 0 Å². The summed E-state index contributed by atoms with van der Waals surface area (Å²) in [4.78, 5) is 36.0. The van der Waals surface area contributed by atoms with E-state index in [9.17, 15) is 14.7 Å². The molecule has 250 valence electrons. The van der Waals surface area contributed by atoms with Gasteiger partial charge in [-0.15, -0.1) is 0 Å². The molecule has 4 heterocycles. The van der Waals surface area contributed by atoms with Crippen LogP contribution < -0.4 is 0 Å². The predicted octanol–water partition coefficient (Wildman–Crippen LogP) is 8.82. The molecule has 2 fully saturated rings. The SMILES string of the molecule is CCCCn1ccc2cc(Cc3ncc(C4CC4)cc3C(=O)O)ccc21.COC(=O)c1cc(C2CC2)cnc1Cc1ccc2[nH]ccc2c1. The van der Waals surface area contributed by atoms with Crippen molar-refractivity contribution in [3.05, 3.63) is 130 Å². The van der Waals surface area contributed by atoms with E-state index in [1.165, 1.54) is 43.7 Å². The topological polar surface area (TPSA) is 110 Å². The number of nitrogens with one attached hydrogen (secondary N) is 1. The quantitative estimate of drug-likeness (QED) is 0.135. The molecule has 8 rings (SSSR count). The number of fused-ring (bicyclic) bond motifs is 2. The van der Waals surface area contributed by atoms with E-state index in [0.29, 0.717) is 41.5 Å². The van der Waals surface area contributed by atoms with Gasteiger partial charge in [0.1, 0.15) is 0 Å². The van der Waals surface area contributed by atoms with E-state index >= 15 is 0 Å². The Hall–Kier alpha value is -5.24. The van der Waals surface area contributed by atoms with Crippen molar-refractivity contribution in [1.82, 2.24) is 19.5 Å². The summed E-state index contributed by atoms with van der Waals surface area (Å²) in [6, 6.07) is 20.6. The third-order valence-electron chi connectivity index (χ3n) is 9.66. The molecular weight excluding hydrogens is 612 g/mol. The summed E-state index contributed by atoms with van der Waals surface area (Å²) < 4.78 is 7.23. The Balaban J connectivity index is 0.000000155. The molecule has 49 heavy (non-hydrogen) atoms. The highest BCUT2D eigenvalue weighted by molar-refractivity contribution is 5.91. The normalized spacial score (nSPS) is 14.1. The number of methoxy groups -OCH3 is 1. The van der Waals surface area contributed by atoms with Gasteiger partial charge >= 0.3 is 11.9 Å². The first-order valence-corrected chi connectivity index (χ1v) is 17.3. The lowest BCUT2D eigenvalue weighted by molar-refractivity contribution is 0.0598. The van der Waals surface area contributed by atoms with Crippen molar-refractivity contribution in [3.63, 3.8) is 0 Å². The van der Waals surface area contributed by atoms with Crippen LogP contribution in [0.15, 0.2) is 85.5 Å². The van der Waals surface area contributed by atoms with Crippen molar-refractivity contribution in [3.8, 4) is 0 Å². The number of carboxylic acids is 1. The highest BCUT2D eigenvalue weighted by atomic mass is 16.5. The number of H-pyrrole nitrogens is 1. The van der Waals surface area contributed by atoms with E-state index < -0.39 is 5.97 Å². The van der Waals surface area contributed by atoms with Crippen LogP contribution in [0.25, 0.3) is 21.8 Å². The van der Waals surface area contributed by atoms with Crippen LogP contribution in [-0.2, 0) is 24.1 Å². The number of benzene rings is 2. The minimum absolute atomic E-state index is 0.308. The number of ether oxygens (including phenoxy) is 1. The van der Waals surface area contributed by atoms with Crippen LogP contribution in [0.2, 0.25) is 0 Å². The number of rotatable bonds is 11. The van der Waals surface area contributed by atoms with Crippen molar-refractivity contribution in [1.29, 1.82) is 0 Å². The number of pyridine rings is 2. The van der Waals surface area contributed by atoms with Crippen molar-refractivity contribution < 1.29 is 19.4 Å². The minimum atomic E-state index is -0.887. The van der Waals surface area contributed by atoms with Gasteiger partial charge in [-0.2, -0.15) is 0 Å². The molecule has 8 heteroatoms. The fourth-order valence-corrected chi connectivity index (χ4v) is 6.53. The summed E-state index contributed by atoms with van der Waals surface area (Å²) in [6.07, 6.45) is 16.0. The molecule has 2 aromatic carbocycles. The number of hydrogen-bond acceptors (Lipinski definition) is 5. The average molecular weight is 655 g/mol. The molecule has 0 aliphatic heterocycles. The van der Waals surface area contributed by atoms with Crippen LogP contribution in [0.4, 0.5) is 0 Å². The van der Waals surface area contributed by atoms with E-state index in [1.807, 2.05) is 36.8 Å². The lowest BCUT2D eigenvalue weighted by Gasteiger charge is -2.09. The molecule has 0 saturated heterocycles. The molecule has 0 atom stereocenters. The number of esters is 1. The second kappa shape index (κ2) is 14.1. The van der Waals surface area contributed by atoms with E-state index in [2.05, 4.69) is 75.1 Å². The highest BCUT2D eigenvalue weighted by Crippen LogP contribution is 2.41. The molecule has 2 aliphatic rings. The lowest BCUT2D eigenvalue weighted by Crippen LogP contribution is -2.09. The summed E-state index contributed by atoms with van der Waals surface area (Å²) in [6.45, 7) is 3.23. The number of aryl methyl sites for hydroxylation is 1. The summed E-state index contributed by atoms with van der Waals surface area (Å²) in [5.41, 5.74) is 9.14. The van der Waals surface area contributed by atoms with Crippen LogP contribution in [0.5, 0.6) is 0 Å². The minimum Gasteiger partial charge on any atom is -0.478 e. The van der Waals surface area contributed by atoms with Crippen molar-refractivity contribution in [2.45, 2.75) is 76.7 Å². The van der Waals surface area contributed by atoms with Gasteiger partial charge in [-0.05, 0) is 125 Å². The van der Waals surface area contributed by atoms with E-state index in [1.54, 1.807) is 0 Å². The van der Waals surface area contributed by atoms with Crippen LogP contribution in [-0.4, -0.2) is 43.7 Å². The Morgan fingerprint density at radius 3 is 2.10 bits per heavy atom. The maximum Gasteiger partial charge on any atom is 0.339 e. The second-order valence-electron chi connectivity index (χ2n) is 13.4. The molecule has 8 nitrogen and oxygen atoms in total. The Morgan fingerprint density at radius 2 is 1.47 bits per heavy atom. The number of nitrogens with zero attached hydrogens (tertiary/aromatic N) is 3. The van der Waals surface area contributed by atoms with Crippen LogP contribution in [0.3, 0.4) is 0 Å². The van der Waals surface area contributed by atoms with Gasteiger partial charge in [0, 0.05) is 55.2 Å². The second-order valence-corrected chi connectivity index (χ2v) is 13.4. The molecule has 0 spiro atoms. The molecule has 6 aromatic rings. The Bertz CT molecular complexity index is 2140. The smallest absolute Gasteiger partial charge is 0.339 e. The summed E-state index contributed by atoms with van der Waals surface area (Å²) in [5, 5.41) is 11.9. The van der Waals surface area contributed by atoms with Gasteiger partial charge in [0.2, 0.25) is 0 Å². The first-order valence-electron chi connectivity index (χ1n) is 17.3. The zero-order chi connectivity index (χ0) is 33.9. The fraction of sp³-hybridized carbons (Fsp3) is 0.317. The molecular formula is C41H42N4O4. The Kier molecular flexibility index (Phi) is 9.29. The highest BCUT2D eigenvalue weighted by Gasteiger charge is 2.27. The molecule has 2 N–H and O–H groups in total. The number of aromatic nitrogens is 4. The molecule has 0 unspecified atom stereocenters. The third-order valence-corrected chi connectivity index (χ3v) is 9.66. The van der Waals surface area contributed by atoms with E-state index in [0.717, 1.165) is 58.2 Å². The number of unbranched alkanes of at least 4 members (excludes halogenated alkanes) is 1. The molecule has 2 aliphatic carbocycles. The molecule has 2 saturated carbocycles. The number of carbonyl (C=O) groups excluding carboxylic acids is 1. The van der Waals surface area contributed by atoms with Crippen molar-refractivity contribution in [2.75, 3.05) is 7.11 Å². The summed E-state index contributed by atoms with van der Waals surface area (Å²) in [5.74, 6) is -0.121. The predicted molar refractivity (Wildman–Crippen MR) is 191 cm³/mol. The first-order chi connectivity index (χ1) is 23.9. The number of carbonyl (C=O) groups is 2. The lowest BCUT2D eigenvalue weighted by atomic mass is 10.0. The van der Waals surface area contributed by atoms with Gasteiger partial charge in [-0.1, -0.05) is 25.5 Å². The van der Waals surface area contributed by atoms with Gasteiger partial charge in [0.25, 0.3) is 0 Å². The molecule has 0 amide bonds. The standard InChI is InChI=1S/C22H24N2O2.C19H18N2O2/c1-2-3-9-24-10-8-17-11-15(4-7-21(17)24)12-20-19(22(25)26)13-18(14-23-20)16-5-6-16;1-23-19(22)16-10-15(13-3-4-13)11-21-18(16)9-12-2-5-17-14(8-12)6-7-20-17/h4,7-8,10-11,13-14,16H,2-3,5-6,9,12H2,1H3,(H,25,26);2,5-8,10-11,13,20H,3-4,9H2,1H3. The maximum absolute atomic E-state index is 12.1. The molecule has 0 bridgehead atoms. The Morgan fingerprint density at radius 1 is 0.837 bits per heavy atom. The monoisotopic (exact) mass is 654 g/mol. The third kappa shape index (κ3) is 7.43. The van der Waals surface area contributed by atoms with Crippen molar-refractivity contribution >= 4 is 33.7 Å². The van der Waals surface area contributed by atoms with Crippen LogP contribution in [0, 0.1) is 0 Å². The van der Waals surface area contributed by atoms with Crippen molar-refractivity contribution in [2.24, 2.45) is 0 Å². The zero-order valence-corrected chi connectivity index (χ0v) is 28.1. The maximum atomic E-state index is 12.1. The summed E-state index contributed by atoms with van der Waals surface area (Å²) >= 11 is 0. The average Bonchev–Trinajstić information content (AvgIpc) is 4.06.